The van der Waals surface area contributed by atoms with Crippen molar-refractivity contribution in [3.05, 3.63) is 34.5 Å². The minimum absolute atomic E-state index is 0.0333. The van der Waals surface area contributed by atoms with Crippen molar-refractivity contribution in [3.8, 4) is 45.8 Å². The van der Waals surface area contributed by atoms with Gasteiger partial charge in [-0.15, -0.1) is 0 Å². The SMILES string of the molecule is COc1cc(-c2oc3c(O)c(O[C@@H]4OC(CO)[C@@H](O)[C@H](O)C4O[C@@H]4OC(C)[C@H](O)[C@H](O)C4O)cc(O)c3c(=O)c2O)ccc1O. The average molecular weight is 641 g/mol. The molecule has 0 amide bonds. The van der Waals surface area contributed by atoms with E-state index in [2.05, 4.69) is 0 Å². The molecule has 2 aliphatic rings. The first-order valence-corrected chi connectivity index (χ1v) is 13.5. The number of rotatable bonds is 7. The molecule has 0 bridgehead atoms. The highest BCUT2D eigenvalue weighted by molar-refractivity contribution is 5.93. The van der Waals surface area contributed by atoms with Crippen molar-refractivity contribution in [2.75, 3.05) is 13.7 Å². The fourth-order valence-electron chi connectivity index (χ4n) is 5.11. The van der Waals surface area contributed by atoms with Crippen molar-refractivity contribution in [2.45, 2.75) is 68.3 Å². The monoisotopic (exact) mass is 640 g/mol. The lowest BCUT2D eigenvalue weighted by Gasteiger charge is -2.45. The third-order valence-corrected chi connectivity index (χ3v) is 7.67. The van der Waals surface area contributed by atoms with Gasteiger partial charge in [0.25, 0.3) is 0 Å². The zero-order valence-corrected chi connectivity index (χ0v) is 23.6. The van der Waals surface area contributed by atoms with Crippen LogP contribution >= 0.6 is 0 Å². The molecule has 2 saturated heterocycles. The Morgan fingerprint density at radius 2 is 1.51 bits per heavy atom. The maximum absolute atomic E-state index is 13.0. The first-order chi connectivity index (χ1) is 21.3. The standard InChI is InChI=1S/C28H32O17/c1-8-16(32)20(36)23(39)27(41-8)45-26-21(37)17(33)14(7-29)43-28(26)42-13-6-11(31)15-19(35)22(38)24(44-25(15)18(13)34)9-3-4-10(30)12(5-9)40-2/h3-6,8,14,16-17,20-21,23,26-34,36-39H,7H2,1-2H3/t8?,14?,16-,17+,20-,21-,23?,26?,27-,28+/m0/s1. The molecule has 17 nitrogen and oxygen atoms in total. The van der Waals surface area contributed by atoms with Crippen LogP contribution < -0.4 is 14.9 Å². The second kappa shape index (κ2) is 12.5. The predicted molar refractivity (Wildman–Crippen MR) is 147 cm³/mol. The van der Waals surface area contributed by atoms with Crippen LogP contribution in [-0.4, -0.2) is 126 Å². The summed E-state index contributed by atoms with van der Waals surface area (Å²) < 4.78 is 32.9. The van der Waals surface area contributed by atoms with E-state index in [1.165, 1.54) is 32.2 Å². The van der Waals surface area contributed by atoms with Crippen LogP contribution in [0.3, 0.4) is 0 Å². The van der Waals surface area contributed by atoms with Crippen molar-refractivity contribution in [2.24, 2.45) is 0 Å². The fraction of sp³-hybridized carbons (Fsp3) is 0.464. The summed E-state index contributed by atoms with van der Waals surface area (Å²) in [5, 5.41) is 103. The molecule has 1 aromatic heterocycles. The summed E-state index contributed by atoms with van der Waals surface area (Å²) in [5.41, 5.74) is -1.78. The summed E-state index contributed by atoms with van der Waals surface area (Å²) in [6.07, 6.45) is -16.5. The van der Waals surface area contributed by atoms with Crippen molar-refractivity contribution in [1.82, 2.24) is 0 Å². The van der Waals surface area contributed by atoms with Gasteiger partial charge in [-0.05, 0) is 25.1 Å². The van der Waals surface area contributed by atoms with E-state index in [4.69, 9.17) is 28.1 Å². The van der Waals surface area contributed by atoms with Crippen molar-refractivity contribution in [3.63, 3.8) is 0 Å². The Labute approximate surface area is 252 Å². The van der Waals surface area contributed by atoms with E-state index in [1.54, 1.807) is 0 Å². The van der Waals surface area contributed by atoms with E-state index in [1.807, 2.05) is 0 Å². The third-order valence-electron chi connectivity index (χ3n) is 7.67. The number of hydrogen-bond acceptors (Lipinski definition) is 17. The van der Waals surface area contributed by atoms with Gasteiger partial charge in [-0.1, -0.05) is 0 Å². The fourth-order valence-corrected chi connectivity index (χ4v) is 5.11. The maximum Gasteiger partial charge on any atom is 0.238 e. The predicted octanol–water partition coefficient (Wildman–Crippen LogP) is -1.68. The summed E-state index contributed by atoms with van der Waals surface area (Å²) in [5.74, 6) is -4.09. The van der Waals surface area contributed by atoms with Crippen LogP contribution in [0.25, 0.3) is 22.3 Å². The normalized spacial score (nSPS) is 32.0. The largest absolute Gasteiger partial charge is 0.507 e. The third kappa shape index (κ3) is 5.69. The van der Waals surface area contributed by atoms with Gasteiger partial charge in [0.1, 0.15) is 47.8 Å². The quantitative estimate of drug-likeness (QED) is 0.129. The average Bonchev–Trinajstić information content (AvgIpc) is 3.02. The van der Waals surface area contributed by atoms with Crippen LogP contribution in [0.5, 0.6) is 34.5 Å². The van der Waals surface area contributed by atoms with Crippen LogP contribution in [0.15, 0.2) is 33.5 Å². The molecule has 2 fully saturated rings. The first kappa shape index (κ1) is 32.5. The molecule has 2 aliphatic heterocycles. The molecule has 0 aliphatic carbocycles. The second-order valence-electron chi connectivity index (χ2n) is 10.5. The van der Waals surface area contributed by atoms with Gasteiger partial charge < -0.3 is 79.2 Å². The lowest BCUT2D eigenvalue weighted by molar-refractivity contribution is -0.354. The van der Waals surface area contributed by atoms with E-state index >= 15 is 0 Å². The van der Waals surface area contributed by atoms with Crippen LogP contribution in [-0.2, 0) is 14.2 Å². The molecule has 5 rings (SSSR count). The number of aliphatic hydroxyl groups excluding tert-OH is 6. The molecule has 10 atom stereocenters. The van der Waals surface area contributed by atoms with Gasteiger partial charge in [0.2, 0.25) is 23.2 Å². The maximum atomic E-state index is 13.0. The van der Waals surface area contributed by atoms with Crippen LogP contribution in [0.1, 0.15) is 6.92 Å². The Morgan fingerprint density at radius 3 is 2.18 bits per heavy atom. The van der Waals surface area contributed by atoms with E-state index in [-0.39, 0.29) is 17.1 Å². The number of aromatic hydroxyl groups is 4. The molecule has 2 aromatic carbocycles. The Balaban J connectivity index is 1.55. The van der Waals surface area contributed by atoms with Gasteiger partial charge in [-0.25, -0.2) is 0 Å². The topological polar surface area (TPSA) is 279 Å². The van der Waals surface area contributed by atoms with Gasteiger partial charge in [0.15, 0.2) is 41.0 Å². The zero-order chi connectivity index (χ0) is 32.9. The molecular weight excluding hydrogens is 608 g/mol. The van der Waals surface area contributed by atoms with Crippen molar-refractivity contribution < 1.29 is 79.2 Å². The number of methoxy groups -OCH3 is 1. The second-order valence-corrected chi connectivity index (χ2v) is 10.5. The Hall–Kier alpha value is -3.91. The Kier molecular flexibility index (Phi) is 9.00. The summed E-state index contributed by atoms with van der Waals surface area (Å²) in [6, 6.07) is 4.46. The summed E-state index contributed by atoms with van der Waals surface area (Å²) in [4.78, 5) is 13.0. The lowest BCUT2D eigenvalue weighted by atomic mass is 9.97. The van der Waals surface area contributed by atoms with E-state index < -0.39 is 113 Å². The molecule has 246 valence electrons. The van der Waals surface area contributed by atoms with E-state index in [9.17, 15) is 55.9 Å². The lowest BCUT2D eigenvalue weighted by Crippen LogP contribution is -2.64. The molecule has 4 unspecified atom stereocenters. The summed E-state index contributed by atoms with van der Waals surface area (Å²) >= 11 is 0. The Morgan fingerprint density at radius 1 is 0.800 bits per heavy atom. The first-order valence-electron chi connectivity index (χ1n) is 13.5. The highest BCUT2D eigenvalue weighted by Gasteiger charge is 2.51. The van der Waals surface area contributed by atoms with E-state index in [0.717, 1.165) is 6.07 Å². The highest BCUT2D eigenvalue weighted by Crippen LogP contribution is 2.44. The van der Waals surface area contributed by atoms with Gasteiger partial charge in [-0.3, -0.25) is 4.79 Å². The van der Waals surface area contributed by atoms with E-state index in [0.29, 0.717) is 0 Å². The molecule has 3 aromatic rings. The van der Waals surface area contributed by atoms with Crippen LogP contribution in [0.2, 0.25) is 0 Å². The van der Waals surface area contributed by atoms with Gasteiger partial charge in [0, 0.05) is 11.6 Å². The molecule has 3 heterocycles. The van der Waals surface area contributed by atoms with Gasteiger partial charge in [0.05, 0.1) is 19.8 Å². The minimum Gasteiger partial charge on any atom is -0.507 e. The summed E-state index contributed by atoms with van der Waals surface area (Å²) in [6.45, 7) is 0.552. The number of ether oxygens (including phenoxy) is 5. The van der Waals surface area contributed by atoms with Gasteiger partial charge in [-0.2, -0.15) is 0 Å². The number of hydrogen-bond donors (Lipinski definition) is 10. The molecule has 0 radical (unpaired) electrons. The highest BCUT2D eigenvalue weighted by atomic mass is 16.8. The molecule has 10 N–H and O–H groups in total. The van der Waals surface area contributed by atoms with Crippen molar-refractivity contribution in [1.29, 1.82) is 0 Å². The van der Waals surface area contributed by atoms with Crippen molar-refractivity contribution >= 4 is 11.0 Å². The summed E-state index contributed by atoms with van der Waals surface area (Å²) in [7, 11) is 1.26. The number of fused-ring (bicyclic) bond motifs is 1. The zero-order valence-electron chi connectivity index (χ0n) is 23.6. The van der Waals surface area contributed by atoms with Gasteiger partial charge >= 0.3 is 0 Å². The van der Waals surface area contributed by atoms with Crippen LogP contribution in [0, 0.1) is 0 Å². The molecular formula is C28H32O17. The number of aliphatic hydroxyl groups is 6. The smallest absolute Gasteiger partial charge is 0.238 e. The number of benzene rings is 2. The number of phenols is 3. The molecule has 17 heteroatoms. The van der Waals surface area contributed by atoms with Crippen LogP contribution in [0.4, 0.5) is 0 Å². The molecule has 0 saturated carbocycles. The minimum atomic E-state index is -1.89. The molecule has 0 spiro atoms. The Bertz CT molecular complexity index is 1610. The number of phenolic OH excluding ortho intramolecular Hbond substituents is 3. The molecule has 45 heavy (non-hydrogen) atoms.